The maximum atomic E-state index is 11.4. The van der Waals surface area contributed by atoms with E-state index in [1.807, 2.05) is 31.2 Å². The van der Waals surface area contributed by atoms with Crippen molar-refractivity contribution in [3.05, 3.63) is 42.2 Å². The van der Waals surface area contributed by atoms with Gasteiger partial charge in [0.2, 0.25) is 5.91 Å². The minimum atomic E-state index is 0.105. The average molecular weight is 218 g/mol. The van der Waals surface area contributed by atoms with Gasteiger partial charge in [0.05, 0.1) is 0 Å². The van der Waals surface area contributed by atoms with Crippen LogP contribution in [0.4, 0.5) is 0 Å². The molecular weight excluding hydrogens is 200 g/mol. The molecule has 0 saturated carbocycles. The average Bonchev–Trinajstić information content (AvgIpc) is 2.33. The lowest BCUT2D eigenvalue weighted by Crippen LogP contribution is -2.24. The van der Waals surface area contributed by atoms with Crippen LogP contribution in [0, 0.1) is 0 Å². The number of aromatic nitrogens is 1. The number of aryl methyl sites for hydroxylation is 1. The van der Waals surface area contributed by atoms with Crippen LogP contribution in [0.15, 0.2) is 36.7 Å². The summed E-state index contributed by atoms with van der Waals surface area (Å²) >= 11 is 0. The molecule has 0 aliphatic carbocycles. The van der Waals surface area contributed by atoms with Gasteiger partial charge in [-0.05, 0) is 31.4 Å². The number of nitrogens with one attached hydrogen (secondary N) is 1. The van der Waals surface area contributed by atoms with Crippen LogP contribution in [0.5, 0.6) is 0 Å². The Morgan fingerprint density at radius 1 is 1.56 bits per heavy atom. The molecule has 0 bridgehead atoms. The van der Waals surface area contributed by atoms with Gasteiger partial charge in [0.15, 0.2) is 0 Å². The number of pyridine rings is 1. The van der Waals surface area contributed by atoms with Crippen LogP contribution in [0.1, 0.15) is 25.3 Å². The molecule has 16 heavy (non-hydrogen) atoms. The van der Waals surface area contributed by atoms with Crippen molar-refractivity contribution in [3.8, 4) is 0 Å². The van der Waals surface area contributed by atoms with Gasteiger partial charge in [0.1, 0.15) is 0 Å². The highest BCUT2D eigenvalue weighted by Gasteiger charge is 2.00. The molecule has 0 aliphatic rings. The fraction of sp³-hybridized carbons (Fsp3) is 0.385. The van der Waals surface area contributed by atoms with E-state index >= 15 is 0 Å². The number of nitrogens with zero attached hydrogens (tertiary/aromatic N) is 1. The molecule has 0 unspecified atom stereocenters. The van der Waals surface area contributed by atoms with E-state index in [0.29, 0.717) is 6.42 Å². The Morgan fingerprint density at radius 2 is 2.44 bits per heavy atom. The molecule has 1 N–H and O–H groups in total. The molecule has 3 heteroatoms. The highest BCUT2D eigenvalue weighted by molar-refractivity contribution is 5.76. The highest BCUT2D eigenvalue weighted by atomic mass is 16.1. The van der Waals surface area contributed by atoms with E-state index < -0.39 is 0 Å². The fourth-order valence-corrected chi connectivity index (χ4v) is 1.35. The van der Waals surface area contributed by atoms with Gasteiger partial charge in [-0.3, -0.25) is 9.78 Å². The lowest BCUT2D eigenvalue weighted by molar-refractivity contribution is -0.121. The summed E-state index contributed by atoms with van der Waals surface area (Å²) in [6, 6.07) is 3.87. The van der Waals surface area contributed by atoms with E-state index in [1.54, 1.807) is 12.4 Å². The maximum absolute atomic E-state index is 11.4. The molecule has 1 amide bonds. The third-order valence-corrected chi connectivity index (χ3v) is 2.23. The zero-order chi connectivity index (χ0) is 11.6. The van der Waals surface area contributed by atoms with E-state index in [2.05, 4.69) is 10.3 Å². The van der Waals surface area contributed by atoms with Gasteiger partial charge in [-0.2, -0.15) is 0 Å². The van der Waals surface area contributed by atoms with Gasteiger partial charge < -0.3 is 5.32 Å². The summed E-state index contributed by atoms with van der Waals surface area (Å²) in [5, 5.41) is 2.88. The third kappa shape index (κ3) is 5.29. The van der Waals surface area contributed by atoms with E-state index in [0.717, 1.165) is 24.9 Å². The molecule has 0 atom stereocenters. The van der Waals surface area contributed by atoms with Crippen molar-refractivity contribution < 1.29 is 4.79 Å². The summed E-state index contributed by atoms with van der Waals surface area (Å²) in [5.74, 6) is 0.105. The van der Waals surface area contributed by atoms with Crippen molar-refractivity contribution >= 4 is 5.91 Å². The number of carbonyl (C=O) groups is 1. The molecule has 0 radical (unpaired) electrons. The molecule has 1 aromatic heterocycles. The number of rotatable bonds is 6. The number of hydrogen-bond acceptors (Lipinski definition) is 2. The molecule has 1 rings (SSSR count). The Labute approximate surface area is 96.6 Å². The Bertz CT molecular complexity index is 333. The smallest absolute Gasteiger partial charge is 0.220 e. The second-order valence-electron chi connectivity index (χ2n) is 3.57. The van der Waals surface area contributed by atoms with E-state index in [-0.39, 0.29) is 5.91 Å². The second kappa shape index (κ2) is 7.63. The predicted octanol–water partition coefficient (Wildman–Crippen LogP) is 2.10. The van der Waals surface area contributed by atoms with Gasteiger partial charge >= 0.3 is 0 Å². The summed E-state index contributed by atoms with van der Waals surface area (Å²) in [7, 11) is 0. The Balaban J connectivity index is 2.15. The first-order valence-electron chi connectivity index (χ1n) is 5.59. The normalized spacial score (nSPS) is 10.6. The largest absolute Gasteiger partial charge is 0.356 e. The topological polar surface area (TPSA) is 42.0 Å². The Kier molecular flexibility index (Phi) is 5.92. The van der Waals surface area contributed by atoms with Gasteiger partial charge in [-0.1, -0.05) is 18.2 Å². The van der Waals surface area contributed by atoms with Crippen molar-refractivity contribution in [1.29, 1.82) is 0 Å². The van der Waals surface area contributed by atoms with Crippen LogP contribution in [-0.2, 0) is 11.2 Å². The van der Waals surface area contributed by atoms with Crippen LogP contribution in [0.2, 0.25) is 0 Å². The van der Waals surface area contributed by atoms with Gasteiger partial charge in [-0.25, -0.2) is 0 Å². The summed E-state index contributed by atoms with van der Waals surface area (Å²) in [4.78, 5) is 15.4. The summed E-state index contributed by atoms with van der Waals surface area (Å²) in [6.07, 6.45) is 9.75. The molecule has 1 aromatic rings. The van der Waals surface area contributed by atoms with Crippen LogP contribution < -0.4 is 5.32 Å². The zero-order valence-electron chi connectivity index (χ0n) is 9.65. The van der Waals surface area contributed by atoms with Crippen LogP contribution in [0.3, 0.4) is 0 Å². The number of carbonyl (C=O) groups excluding carboxylic acids is 1. The van der Waals surface area contributed by atoms with Crippen molar-refractivity contribution in [2.24, 2.45) is 0 Å². The first kappa shape index (κ1) is 12.4. The molecule has 0 saturated heterocycles. The molecule has 0 spiro atoms. The lowest BCUT2D eigenvalue weighted by atomic mass is 10.1. The van der Waals surface area contributed by atoms with Crippen LogP contribution in [-0.4, -0.2) is 17.4 Å². The van der Waals surface area contributed by atoms with Gasteiger partial charge in [-0.15, -0.1) is 0 Å². The van der Waals surface area contributed by atoms with Crippen LogP contribution >= 0.6 is 0 Å². The van der Waals surface area contributed by atoms with E-state index in [4.69, 9.17) is 0 Å². The van der Waals surface area contributed by atoms with Gasteiger partial charge in [0, 0.05) is 25.4 Å². The SMILES string of the molecule is C/C=C/CCNC(=O)CCc1cccnc1. The minimum absolute atomic E-state index is 0.105. The lowest BCUT2D eigenvalue weighted by Gasteiger charge is -2.03. The second-order valence-corrected chi connectivity index (χ2v) is 3.57. The molecule has 1 heterocycles. The summed E-state index contributed by atoms with van der Waals surface area (Å²) < 4.78 is 0. The molecule has 0 aliphatic heterocycles. The predicted molar refractivity (Wildman–Crippen MR) is 65.0 cm³/mol. The summed E-state index contributed by atoms with van der Waals surface area (Å²) in [6.45, 7) is 2.69. The first-order valence-corrected chi connectivity index (χ1v) is 5.59. The quantitative estimate of drug-likeness (QED) is 0.587. The Morgan fingerprint density at radius 3 is 3.12 bits per heavy atom. The van der Waals surface area contributed by atoms with E-state index in [9.17, 15) is 4.79 Å². The zero-order valence-corrected chi connectivity index (χ0v) is 9.65. The van der Waals surface area contributed by atoms with Crippen molar-refractivity contribution in [2.45, 2.75) is 26.2 Å². The molecule has 0 aromatic carbocycles. The minimum Gasteiger partial charge on any atom is -0.356 e. The van der Waals surface area contributed by atoms with Crippen molar-refractivity contribution in [2.75, 3.05) is 6.54 Å². The summed E-state index contributed by atoms with van der Waals surface area (Å²) in [5.41, 5.74) is 1.10. The molecular formula is C13H18N2O. The first-order chi connectivity index (χ1) is 7.83. The highest BCUT2D eigenvalue weighted by Crippen LogP contribution is 1.99. The monoisotopic (exact) mass is 218 g/mol. The standard InChI is InChI=1S/C13H18N2O/c1-2-3-4-10-15-13(16)8-7-12-6-5-9-14-11-12/h2-3,5-6,9,11H,4,7-8,10H2,1H3,(H,15,16)/b3-2+. The molecule has 3 nitrogen and oxygen atoms in total. The molecule has 0 fully saturated rings. The number of amides is 1. The van der Waals surface area contributed by atoms with Crippen LogP contribution in [0.25, 0.3) is 0 Å². The third-order valence-electron chi connectivity index (χ3n) is 2.23. The van der Waals surface area contributed by atoms with E-state index in [1.165, 1.54) is 0 Å². The Hall–Kier alpha value is -1.64. The fourth-order valence-electron chi connectivity index (χ4n) is 1.35. The van der Waals surface area contributed by atoms with Gasteiger partial charge in [0.25, 0.3) is 0 Å². The van der Waals surface area contributed by atoms with Crippen molar-refractivity contribution in [3.63, 3.8) is 0 Å². The number of allylic oxidation sites excluding steroid dienone is 1. The molecule has 86 valence electrons. The van der Waals surface area contributed by atoms with Crippen molar-refractivity contribution in [1.82, 2.24) is 10.3 Å². The number of hydrogen-bond donors (Lipinski definition) is 1. The maximum Gasteiger partial charge on any atom is 0.220 e.